The van der Waals surface area contributed by atoms with Crippen LogP contribution in [0.25, 0.3) is 0 Å². The van der Waals surface area contributed by atoms with Crippen molar-refractivity contribution < 1.29 is 19.8 Å². The summed E-state index contributed by atoms with van der Waals surface area (Å²) in [7, 11) is 0. The van der Waals surface area contributed by atoms with Gasteiger partial charge in [0.1, 0.15) is 0 Å². The van der Waals surface area contributed by atoms with Crippen LogP contribution in [-0.2, 0) is 11.4 Å². The molecule has 0 bridgehead atoms. The Hall–Kier alpha value is -1.88. The van der Waals surface area contributed by atoms with E-state index in [1.54, 1.807) is 24.3 Å². The van der Waals surface area contributed by atoms with E-state index in [1.165, 1.54) is 0 Å². The van der Waals surface area contributed by atoms with Gasteiger partial charge in [0.15, 0.2) is 0 Å². The topological polar surface area (TPSA) is 86.6 Å². The maximum absolute atomic E-state index is 12.0. The number of aliphatic carboxylic acids is 1. The van der Waals surface area contributed by atoms with Gasteiger partial charge < -0.3 is 15.5 Å². The summed E-state index contributed by atoms with van der Waals surface area (Å²) in [4.78, 5) is 23.3. The second kappa shape index (κ2) is 7.22. The minimum absolute atomic E-state index is 0.0110. The van der Waals surface area contributed by atoms with Gasteiger partial charge in [0.2, 0.25) is 0 Å². The van der Waals surface area contributed by atoms with Crippen LogP contribution in [0.3, 0.4) is 0 Å². The Labute approximate surface area is 124 Å². The summed E-state index contributed by atoms with van der Waals surface area (Å²) in [5.74, 6) is -1.30. The van der Waals surface area contributed by atoms with Gasteiger partial charge in [-0.2, -0.15) is 0 Å². The summed E-state index contributed by atoms with van der Waals surface area (Å²) in [6.45, 7) is 0.349. The van der Waals surface area contributed by atoms with Crippen LogP contribution in [0.1, 0.15) is 41.6 Å². The van der Waals surface area contributed by atoms with Crippen LogP contribution < -0.4 is 5.32 Å². The molecule has 1 saturated carbocycles. The van der Waals surface area contributed by atoms with Crippen LogP contribution in [0.2, 0.25) is 0 Å². The highest BCUT2D eigenvalue weighted by molar-refractivity contribution is 5.94. The lowest BCUT2D eigenvalue weighted by molar-refractivity contribution is -0.144. The normalized spacial score (nSPS) is 21.8. The second-order valence-corrected chi connectivity index (χ2v) is 5.55. The maximum Gasteiger partial charge on any atom is 0.306 e. The molecule has 1 aliphatic carbocycles. The number of nitrogens with one attached hydrogen (secondary N) is 1. The first-order valence-corrected chi connectivity index (χ1v) is 7.32. The fraction of sp³-hybridized carbons (Fsp3) is 0.500. The monoisotopic (exact) mass is 291 g/mol. The predicted molar refractivity (Wildman–Crippen MR) is 77.8 cm³/mol. The Morgan fingerprint density at radius 3 is 2.43 bits per heavy atom. The first-order chi connectivity index (χ1) is 10.1. The zero-order valence-electron chi connectivity index (χ0n) is 11.9. The van der Waals surface area contributed by atoms with Crippen molar-refractivity contribution in [2.24, 2.45) is 11.8 Å². The number of aliphatic hydroxyl groups is 1. The second-order valence-electron chi connectivity index (χ2n) is 5.55. The Bertz CT molecular complexity index is 498. The van der Waals surface area contributed by atoms with Crippen molar-refractivity contribution in [2.45, 2.75) is 32.3 Å². The minimum atomic E-state index is -0.763. The number of hydrogen-bond donors (Lipinski definition) is 3. The lowest BCUT2D eigenvalue weighted by Gasteiger charge is -2.28. The Balaban J connectivity index is 1.91. The number of amides is 1. The lowest BCUT2D eigenvalue weighted by atomic mass is 9.79. The van der Waals surface area contributed by atoms with E-state index in [1.807, 2.05) is 0 Å². The summed E-state index contributed by atoms with van der Waals surface area (Å²) in [6, 6.07) is 6.73. The van der Waals surface area contributed by atoms with Gasteiger partial charge in [0, 0.05) is 12.1 Å². The van der Waals surface area contributed by atoms with Crippen molar-refractivity contribution in [1.29, 1.82) is 0 Å². The molecule has 5 nitrogen and oxygen atoms in total. The van der Waals surface area contributed by atoms with E-state index in [0.29, 0.717) is 18.5 Å². The number of benzene rings is 1. The van der Waals surface area contributed by atoms with Gasteiger partial charge >= 0.3 is 5.97 Å². The van der Waals surface area contributed by atoms with Crippen LogP contribution in [0.5, 0.6) is 0 Å². The van der Waals surface area contributed by atoms with E-state index in [4.69, 9.17) is 5.11 Å². The molecule has 1 aliphatic rings. The smallest absolute Gasteiger partial charge is 0.306 e. The van der Waals surface area contributed by atoms with Crippen LogP contribution in [0, 0.1) is 11.8 Å². The molecule has 0 aromatic heterocycles. The molecule has 1 aromatic rings. The number of carbonyl (C=O) groups is 2. The van der Waals surface area contributed by atoms with Gasteiger partial charge in [-0.3, -0.25) is 9.59 Å². The molecule has 5 heteroatoms. The van der Waals surface area contributed by atoms with Gasteiger partial charge in [-0.25, -0.2) is 0 Å². The average molecular weight is 291 g/mol. The molecular formula is C16H21NO4. The first-order valence-electron chi connectivity index (χ1n) is 7.32. The molecule has 21 heavy (non-hydrogen) atoms. The van der Waals surface area contributed by atoms with Gasteiger partial charge in [-0.1, -0.05) is 25.0 Å². The summed E-state index contributed by atoms with van der Waals surface area (Å²) in [5.41, 5.74) is 1.28. The number of carboxylic acid groups (broad SMARTS) is 1. The van der Waals surface area contributed by atoms with E-state index in [9.17, 15) is 14.7 Å². The molecule has 0 aliphatic heterocycles. The maximum atomic E-state index is 12.0. The minimum Gasteiger partial charge on any atom is -0.481 e. The zero-order chi connectivity index (χ0) is 15.2. The average Bonchev–Trinajstić information content (AvgIpc) is 2.52. The number of hydrogen-bond acceptors (Lipinski definition) is 3. The highest BCUT2D eigenvalue weighted by atomic mass is 16.4. The largest absolute Gasteiger partial charge is 0.481 e. The van der Waals surface area contributed by atoms with Crippen molar-refractivity contribution in [3.8, 4) is 0 Å². The van der Waals surface area contributed by atoms with Crippen LogP contribution >= 0.6 is 0 Å². The highest BCUT2D eigenvalue weighted by Gasteiger charge is 2.30. The van der Waals surface area contributed by atoms with Crippen molar-refractivity contribution in [3.63, 3.8) is 0 Å². The molecule has 0 saturated heterocycles. The van der Waals surface area contributed by atoms with E-state index in [2.05, 4.69) is 5.32 Å². The van der Waals surface area contributed by atoms with Crippen molar-refractivity contribution in [2.75, 3.05) is 6.54 Å². The quantitative estimate of drug-likeness (QED) is 0.772. The van der Waals surface area contributed by atoms with E-state index >= 15 is 0 Å². The summed E-state index contributed by atoms with van der Waals surface area (Å²) in [5, 5.41) is 21.0. The van der Waals surface area contributed by atoms with Gasteiger partial charge in [-0.15, -0.1) is 0 Å². The summed E-state index contributed by atoms with van der Waals surface area (Å²) >= 11 is 0. The third-order valence-corrected chi connectivity index (χ3v) is 4.15. The number of carboxylic acids is 1. The molecule has 0 radical (unpaired) electrons. The molecule has 0 heterocycles. The number of carbonyl (C=O) groups excluding carboxylic acids is 1. The Morgan fingerprint density at radius 2 is 1.81 bits per heavy atom. The van der Waals surface area contributed by atoms with Crippen LogP contribution in [0.4, 0.5) is 0 Å². The molecule has 2 rings (SSSR count). The van der Waals surface area contributed by atoms with Crippen molar-refractivity contribution >= 4 is 11.9 Å². The van der Waals surface area contributed by atoms with E-state index in [-0.39, 0.29) is 24.3 Å². The Morgan fingerprint density at radius 1 is 1.14 bits per heavy atom. The third-order valence-electron chi connectivity index (χ3n) is 4.15. The molecule has 3 N–H and O–H groups in total. The number of aliphatic hydroxyl groups excluding tert-OH is 1. The van der Waals surface area contributed by atoms with Crippen molar-refractivity contribution in [3.05, 3.63) is 35.4 Å². The summed E-state index contributed by atoms with van der Waals surface area (Å²) in [6.07, 6.45) is 3.52. The first kappa shape index (κ1) is 15.5. The molecule has 114 valence electrons. The third kappa shape index (κ3) is 4.04. The highest BCUT2D eigenvalue weighted by Crippen LogP contribution is 2.29. The summed E-state index contributed by atoms with van der Waals surface area (Å²) < 4.78 is 0. The molecular weight excluding hydrogens is 270 g/mol. The molecule has 1 amide bonds. The van der Waals surface area contributed by atoms with Crippen LogP contribution in [0.15, 0.2) is 24.3 Å². The molecule has 2 unspecified atom stereocenters. The van der Waals surface area contributed by atoms with Crippen LogP contribution in [-0.4, -0.2) is 28.6 Å². The van der Waals surface area contributed by atoms with E-state index < -0.39 is 5.97 Å². The van der Waals surface area contributed by atoms with Gasteiger partial charge in [0.05, 0.1) is 12.5 Å². The molecule has 1 fully saturated rings. The molecule has 0 spiro atoms. The van der Waals surface area contributed by atoms with Gasteiger partial charge in [0.25, 0.3) is 5.91 Å². The standard InChI is InChI=1S/C16H21NO4/c18-10-11-5-7-12(8-6-11)15(19)17-9-13-3-1-2-4-14(13)16(20)21/h5-8,13-14,18H,1-4,9-10H2,(H,17,19)(H,20,21). The zero-order valence-corrected chi connectivity index (χ0v) is 11.9. The van der Waals surface area contributed by atoms with E-state index in [0.717, 1.165) is 24.8 Å². The predicted octanol–water partition coefficient (Wildman–Crippen LogP) is 1.80. The SMILES string of the molecule is O=C(NCC1CCCCC1C(=O)O)c1ccc(CO)cc1. The molecule has 2 atom stereocenters. The van der Waals surface area contributed by atoms with Crippen molar-refractivity contribution in [1.82, 2.24) is 5.32 Å². The molecule has 1 aromatic carbocycles. The fourth-order valence-electron chi connectivity index (χ4n) is 2.86. The number of rotatable bonds is 5. The Kier molecular flexibility index (Phi) is 5.33. The van der Waals surface area contributed by atoms with Gasteiger partial charge in [-0.05, 0) is 36.5 Å². The fourth-order valence-corrected chi connectivity index (χ4v) is 2.86. The lowest BCUT2D eigenvalue weighted by Crippen LogP contribution is -2.37.